The summed E-state index contributed by atoms with van der Waals surface area (Å²) in [6.45, 7) is 0. The lowest BCUT2D eigenvalue weighted by Crippen LogP contribution is -2.17. The minimum Gasteiger partial charge on any atom is -0.298 e. The zero-order valence-electron chi connectivity index (χ0n) is 9.85. The average molecular weight is 260 g/mol. The average Bonchev–Trinajstić information content (AvgIpc) is 2.47. The zero-order chi connectivity index (χ0) is 13.9. The van der Waals surface area contributed by atoms with Crippen molar-refractivity contribution >= 4 is 12.6 Å². The number of aldehydes is 2. The second kappa shape index (κ2) is 5.10. The molecule has 0 aliphatic heterocycles. The van der Waals surface area contributed by atoms with Crippen LogP contribution in [-0.2, 0) is 5.92 Å². The lowest BCUT2D eigenvalue weighted by atomic mass is 9.96. The van der Waals surface area contributed by atoms with E-state index in [1.54, 1.807) is 0 Å². The normalized spacial score (nSPS) is 11.1. The topological polar surface area (TPSA) is 34.1 Å². The molecule has 2 nitrogen and oxygen atoms in total. The van der Waals surface area contributed by atoms with Crippen LogP contribution in [0.25, 0.3) is 0 Å². The van der Waals surface area contributed by atoms with Crippen molar-refractivity contribution in [1.29, 1.82) is 0 Å². The third kappa shape index (κ3) is 2.42. The Balaban J connectivity index is 2.50. The van der Waals surface area contributed by atoms with Crippen molar-refractivity contribution in [1.82, 2.24) is 0 Å². The Hall–Kier alpha value is -2.36. The molecule has 0 fully saturated rings. The predicted molar refractivity (Wildman–Crippen MR) is 66.7 cm³/mol. The molecule has 19 heavy (non-hydrogen) atoms. The number of alkyl halides is 2. The second-order valence-corrected chi connectivity index (χ2v) is 4.02. The minimum absolute atomic E-state index is 0.0491. The number of rotatable bonds is 4. The van der Waals surface area contributed by atoms with E-state index in [2.05, 4.69) is 0 Å². The van der Waals surface area contributed by atoms with Gasteiger partial charge >= 0.3 is 0 Å². The van der Waals surface area contributed by atoms with E-state index in [-0.39, 0.29) is 16.7 Å². The van der Waals surface area contributed by atoms with Crippen LogP contribution in [0.5, 0.6) is 0 Å². The highest BCUT2D eigenvalue weighted by Crippen LogP contribution is 2.36. The Bertz CT molecular complexity index is 604. The molecular weight excluding hydrogens is 250 g/mol. The molecule has 0 N–H and O–H groups in total. The van der Waals surface area contributed by atoms with Gasteiger partial charge in [0.2, 0.25) is 0 Å². The molecule has 0 atom stereocenters. The Morgan fingerprint density at radius 2 is 1.47 bits per heavy atom. The first-order chi connectivity index (χ1) is 9.09. The quantitative estimate of drug-likeness (QED) is 0.789. The Labute approximate surface area is 108 Å². The van der Waals surface area contributed by atoms with E-state index in [9.17, 15) is 18.4 Å². The molecule has 0 saturated heterocycles. The maximum Gasteiger partial charge on any atom is 0.299 e. The number of hydrogen-bond donors (Lipinski definition) is 0. The SMILES string of the molecule is O=Cc1ccc(C(F)(F)c2ccccc2C=O)cc1. The van der Waals surface area contributed by atoms with Gasteiger partial charge in [0.25, 0.3) is 5.92 Å². The van der Waals surface area contributed by atoms with Crippen molar-refractivity contribution in [2.24, 2.45) is 0 Å². The van der Waals surface area contributed by atoms with E-state index in [0.29, 0.717) is 18.1 Å². The van der Waals surface area contributed by atoms with Crippen LogP contribution in [0.15, 0.2) is 48.5 Å². The van der Waals surface area contributed by atoms with Crippen LogP contribution in [0.3, 0.4) is 0 Å². The van der Waals surface area contributed by atoms with Gasteiger partial charge in [-0.15, -0.1) is 0 Å². The van der Waals surface area contributed by atoms with Gasteiger partial charge in [0.15, 0.2) is 6.29 Å². The van der Waals surface area contributed by atoms with Crippen molar-refractivity contribution in [3.05, 3.63) is 70.8 Å². The fourth-order valence-corrected chi connectivity index (χ4v) is 1.81. The molecule has 0 amide bonds. The molecule has 96 valence electrons. The maximum absolute atomic E-state index is 14.3. The summed E-state index contributed by atoms with van der Waals surface area (Å²) in [4.78, 5) is 21.3. The van der Waals surface area contributed by atoms with E-state index in [1.807, 2.05) is 0 Å². The summed E-state index contributed by atoms with van der Waals surface area (Å²) in [5.74, 6) is -3.28. The Kier molecular flexibility index (Phi) is 3.51. The van der Waals surface area contributed by atoms with Gasteiger partial charge in [-0.2, -0.15) is 8.78 Å². The van der Waals surface area contributed by atoms with Gasteiger partial charge in [-0.05, 0) is 0 Å². The van der Waals surface area contributed by atoms with E-state index < -0.39 is 5.92 Å². The van der Waals surface area contributed by atoms with Crippen LogP contribution >= 0.6 is 0 Å². The van der Waals surface area contributed by atoms with Gasteiger partial charge in [-0.25, -0.2) is 0 Å². The molecule has 2 aromatic carbocycles. The molecule has 0 aliphatic carbocycles. The number of benzene rings is 2. The molecule has 0 aliphatic rings. The first-order valence-corrected chi connectivity index (χ1v) is 5.58. The van der Waals surface area contributed by atoms with Gasteiger partial charge in [-0.3, -0.25) is 9.59 Å². The summed E-state index contributed by atoms with van der Waals surface area (Å²) in [5.41, 5.74) is -0.327. The van der Waals surface area contributed by atoms with Gasteiger partial charge in [-0.1, -0.05) is 48.5 Å². The Morgan fingerprint density at radius 1 is 0.842 bits per heavy atom. The smallest absolute Gasteiger partial charge is 0.298 e. The number of carbonyl (C=O) groups is 2. The molecule has 0 spiro atoms. The zero-order valence-corrected chi connectivity index (χ0v) is 9.85. The lowest BCUT2D eigenvalue weighted by molar-refractivity contribution is 0.0418. The molecule has 0 heterocycles. The fourth-order valence-electron chi connectivity index (χ4n) is 1.81. The second-order valence-electron chi connectivity index (χ2n) is 4.02. The van der Waals surface area contributed by atoms with Gasteiger partial charge < -0.3 is 0 Å². The molecule has 0 saturated carbocycles. The van der Waals surface area contributed by atoms with Crippen LogP contribution in [-0.4, -0.2) is 12.6 Å². The molecule has 0 bridgehead atoms. The van der Waals surface area contributed by atoms with Crippen molar-refractivity contribution in [3.63, 3.8) is 0 Å². The summed E-state index contributed by atoms with van der Waals surface area (Å²) in [5, 5.41) is 0. The highest BCUT2D eigenvalue weighted by Gasteiger charge is 2.35. The van der Waals surface area contributed by atoms with Crippen molar-refractivity contribution < 1.29 is 18.4 Å². The van der Waals surface area contributed by atoms with Crippen molar-refractivity contribution in [2.75, 3.05) is 0 Å². The molecular formula is C15H10F2O2. The standard InChI is InChI=1S/C15H10F2O2/c16-15(17,13-7-5-11(9-18)6-8-13)14-4-2-1-3-12(14)10-19/h1-10H. The fraction of sp³-hybridized carbons (Fsp3) is 0.0667. The highest BCUT2D eigenvalue weighted by molar-refractivity contribution is 5.78. The predicted octanol–water partition coefficient (Wildman–Crippen LogP) is 3.45. The summed E-state index contributed by atoms with van der Waals surface area (Å²) < 4.78 is 28.6. The lowest BCUT2D eigenvalue weighted by Gasteiger charge is -2.18. The molecule has 0 aromatic heterocycles. The Morgan fingerprint density at radius 3 is 2.05 bits per heavy atom. The monoisotopic (exact) mass is 260 g/mol. The first-order valence-electron chi connectivity index (χ1n) is 5.58. The van der Waals surface area contributed by atoms with Gasteiger partial charge in [0, 0.05) is 22.3 Å². The maximum atomic E-state index is 14.3. The van der Waals surface area contributed by atoms with Gasteiger partial charge in [0.05, 0.1) is 0 Å². The summed E-state index contributed by atoms with van der Waals surface area (Å²) in [6.07, 6.45) is 0.990. The third-order valence-corrected chi connectivity index (χ3v) is 2.84. The first kappa shape index (κ1) is 13.1. The van der Waals surface area contributed by atoms with Crippen LogP contribution in [0.1, 0.15) is 31.8 Å². The third-order valence-electron chi connectivity index (χ3n) is 2.84. The largest absolute Gasteiger partial charge is 0.299 e. The van der Waals surface area contributed by atoms with Crippen LogP contribution < -0.4 is 0 Å². The molecule has 0 radical (unpaired) electrons. The van der Waals surface area contributed by atoms with Crippen molar-refractivity contribution in [2.45, 2.75) is 5.92 Å². The highest BCUT2D eigenvalue weighted by atomic mass is 19.3. The number of carbonyl (C=O) groups excluding carboxylic acids is 2. The number of hydrogen-bond acceptors (Lipinski definition) is 2. The van der Waals surface area contributed by atoms with E-state index in [4.69, 9.17) is 0 Å². The summed E-state index contributed by atoms with van der Waals surface area (Å²) >= 11 is 0. The minimum atomic E-state index is -3.28. The molecule has 4 heteroatoms. The van der Waals surface area contributed by atoms with Gasteiger partial charge in [0.1, 0.15) is 6.29 Å². The number of halogens is 2. The summed E-state index contributed by atoms with van der Waals surface area (Å²) in [7, 11) is 0. The summed E-state index contributed by atoms with van der Waals surface area (Å²) in [6, 6.07) is 10.6. The van der Waals surface area contributed by atoms with E-state index in [0.717, 1.165) is 0 Å². The van der Waals surface area contributed by atoms with Crippen molar-refractivity contribution in [3.8, 4) is 0 Å². The molecule has 0 unspecified atom stereocenters. The molecule has 2 aromatic rings. The van der Waals surface area contributed by atoms with Crippen LogP contribution in [0, 0.1) is 0 Å². The van der Waals surface area contributed by atoms with Crippen LogP contribution in [0.2, 0.25) is 0 Å². The molecule has 2 rings (SSSR count). The van der Waals surface area contributed by atoms with Crippen LogP contribution in [0.4, 0.5) is 8.78 Å². The van der Waals surface area contributed by atoms with E-state index in [1.165, 1.54) is 48.5 Å². The van der Waals surface area contributed by atoms with E-state index >= 15 is 0 Å².